The van der Waals surface area contributed by atoms with Crippen molar-refractivity contribution in [3.63, 3.8) is 0 Å². The van der Waals surface area contributed by atoms with Crippen LogP contribution in [0.2, 0.25) is 0 Å². The highest BCUT2D eigenvalue weighted by atomic mass is 16.5. The maximum atomic E-state index is 11.4. The van der Waals surface area contributed by atoms with Crippen LogP contribution in [-0.2, 0) is 11.3 Å². The molecule has 3 aromatic rings. The Bertz CT molecular complexity index is 961. The van der Waals surface area contributed by atoms with Gasteiger partial charge in [-0.25, -0.2) is 4.98 Å². The third kappa shape index (κ3) is 4.00. The summed E-state index contributed by atoms with van der Waals surface area (Å²) in [5.41, 5.74) is 2.78. The maximum Gasteiger partial charge on any atom is 0.219 e. The van der Waals surface area contributed by atoms with Crippen LogP contribution in [0.4, 0.5) is 0 Å². The van der Waals surface area contributed by atoms with Crippen molar-refractivity contribution in [2.45, 2.75) is 26.3 Å². The van der Waals surface area contributed by atoms with Crippen molar-refractivity contribution >= 4 is 5.91 Å². The smallest absolute Gasteiger partial charge is 0.219 e. The Hall–Kier alpha value is -3.29. The van der Waals surface area contributed by atoms with Gasteiger partial charge in [-0.1, -0.05) is 0 Å². The number of nitrogens with zero attached hydrogens (tertiary/aromatic N) is 4. The number of methoxy groups -OCH3 is 2. The van der Waals surface area contributed by atoms with E-state index in [1.165, 1.54) is 0 Å². The number of hydrogen-bond acceptors (Lipinski definition) is 5. The molecule has 0 unspecified atom stereocenters. The summed E-state index contributed by atoms with van der Waals surface area (Å²) in [4.78, 5) is 15.9. The molecule has 0 saturated heterocycles. The van der Waals surface area contributed by atoms with Crippen molar-refractivity contribution in [2.24, 2.45) is 0 Å². The van der Waals surface area contributed by atoms with E-state index in [1.54, 1.807) is 33.7 Å². The fraction of sp³-hybridized carbons (Fsp3) is 0.350. The molecule has 3 rings (SSSR count). The van der Waals surface area contributed by atoms with Crippen molar-refractivity contribution in [1.82, 2.24) is 24.6 Å². The molecule has 0 atom stereocenters. The lowest BCUT2D eigenvalue weighted by molar-refractivity contribution is -0.120. The maximum absolute atomic E-state index is 11.4. The van der Waals surface area contributed by atoms with E-state index in [4.69, 9.17) is 9.47 Å². The van der Waals surface area contributed by atoms with Crippen molar-refractivity contribution < 1.29 is 14.3 Å². The van der Waals surface area contributed by atoms with E-state index >= 15 is 0 Å². The normalized spacial score (nSPS) is 10.7. The quantitative estimate of drug-likeness (QED) is 0.646. The predicted molar refractivity (Wildman–Crippen MR) is 106 cm³/mol. The van der Waals surface area contributed by atoms with Crippen LogP contribution in [-0.4, -0.2) is 46.5 Å². The van der Waals surface area contributed by atoms with Crippen molar-refractivity contribution in [3.8, 4) is 28.6 Å². The number of rotatable bonds is 8. The number of amides is 1. The second kappa shape index (κ2) is 8.60. The Morgan fingerprint density at radius 2 is 2.07 bits per heavy atom. The summed E-state index contributed by atoms with van der Waals surface area (Å²) < 4.78 is 14.8. The predicted octanol–water partition coefficient (Wildman–Crippen LogP) is 2.59. The number of ether oxygens (including phenoxy) is 2. The van der Waals surface area contributed by atoms with Crippen LogP contribution in [0.1, 0.15) is 18.4 Å². The molecule has 28 heavy (non-hydrogen) atoms. The first-order chi connectivity index (χ1) is 13.6. The summed E-state index contributed by atoms with van der Waals surface area (Å²) in [6, 6.07) is 3.95. The van der Waals surface area contributed by atoms with Crippen molar-refractivity contribution in [2.75, 3.05) is 21.3 Å². The standard InChI is InChI=1S/C20H25N5O3/c1-14-10-16(19(28-4)17(11-14)27-3)20-22-7-9-25(20)15-12-23-24(13-15)8-5-6-18(26)21-2/h7,9-13H,5-6,8H2,1-4H3,(H,21,26). The SMILES string of the molecule is CNC(=O)CCCn1cc(-n2ccnc2-c2cc(C)cc(OC)c2OC)cn1. The van der Waals surface area contributed by atoms with Gasteiger partial charge in [0, 0.05) is 38.6 Å². The Morgan fingerprint density at radius 1 is 1.25 bits per heavy atom. The summed E-state index contributed by atoms with van der Waals surface area (Å²) in [6.45, 7) is 2.67. The Morgan fingerprint density at radius 3 is 2.79 bits per heavy atom. The van der Waals surface area contributed by atoms with Gasteiger partial charge >= 0.3 is 0 Å². The van der Waals surface area contributed by atoms with Gasteiger partial charge in [-0.15, -0.1) is 0 Å². The first-order valence-corrected chi connectivity index (χ1v) is 9.07. The minimum Gasteiger partial charge on any atom is -0.493 e. The Kier molecular flexibility index (Phi) is 5.98. The number of aryl methyl sites for hydroxylation is 2. The molecule has 2 aromatic heterocycles. The van der Waals surface area contributed by atoms with E-state index in [9.17, 15) is 4.79 Å². The fourth-order valence-electron chi connectivity index (χ4n) is 3.11. The van der Waals surface area contributed by atoms with Crippen LogP contribution < -0.4 is 14.8 Å². The van der Waals surface area contributed by atoms with Crippen LogP contribution in [0.25, 0.3) is 17.1 Å². The molecule has 0 aliphatic rings. The number of benzene rings is 1. The topological polar surface area (TPSA) is 83.2 Å². The highest BCUT2D eigenvalue weighted by Crippen LogP contribution is 2.39. The number of imidazole rings is 1. The van der Waals surface area contributed by atoms with Gasteiger partial charge in [0.25, 0.3) is 0 Å². The van der Waals surface area contributed by atoms with Gasteiger partial charge in [-0.05, 0) is 31.0 Å². The second-order valence-electron chi connectivity index (χ2n) is 6.41. The number of hydrogen-bond donors (Lipinski definition) is 1. The lowest BCUT2D eigenvalue weighted by Crippen LogP contribution is -2.17. The third-order valence-corrected chi connectivity index (χ3v) is 4.47. The van der Waals surface area contributed by atoms with Crippen LogP contribution >= 0.6 is 0 Å². The minimum atomic E-state index is 0.0322. The van der Waals surface area contributed by atoms with E-state index in [0.29, 0.717) is 24.5 Å². The van der Waals surface area contributed by atoms with Gasteiger partial charge in [0.1, 0.15) is 5.82 Å². The van der Waals surface area contributed by atoms with Gasteiger partial charge in [-0.2, -0.15) is 5.10 Å². The highest BCUT2D eigenvalue weighted by molar-refractivity contribution is 5.75. The average molecular weight is 383 g/mol. The van der Waals surface area contributed by atoms with E-state index < -0.39 is 0 Å². The zero-order valence-corrected chi connectivity index (χ0v) is 16.6. The van der Waals surface area contributed by atoms with E-state index in [1.807, 2.05) is 40.7 Å². The molecule has 1 amide bonds. The van der Waals surface area contributed by atoms with Crippen molar-refractivity contribution in [3.05, 3.63) is 42.5 Å². The lowest BCUT2D eigenvalue weighted by Gasteiger charge is -2.14. The summed E-state index contributed by atoms with van der Waals surface area (Å²) >= 11 is 0. The second-order valence-corrected chi connectivity index (χ2v) is 6.41. The fourth-order valence-corrected chi connectivity index (χ4v) is 3.11. The third-order valence-electron chi connectivity index (χ3n) is 4.47. The number of carbonyl (C=O) groups excluding carboxylic acids is 1. The van der Waals surface area contributed by atoms with Gasteiger partial charge in [0.05, 0.1) is 31.7 Å². The zero-order chi connectivity index (χ0) is 20.1. The molecule has 0 spiro atoms. The Labute approximate surface area is 164 Å². The van der Waals surface area contributed by atoms with Gasteiger partial charge < -0.3 is 14.8 Å². The molecular formula is C20H25N5O3. The molecule has 0 radical (unpaired) electrons. The molecule has 1 N–H and O–H groups in total. The molecule has 0 fully saturated rings. The van der Waals surface area contributed by atoms with E-state index in [-0.39, 0.29) is 5.91 Å². The lowest BCUT2D eigenvalue weighted by atomic mass is 10.1. The first kappa shape index (κ1) is 19.5. The molecule has 8 nitrogen and oxygen atoms in total. The van der Waals surface area contributed by atoms with Crippen LogP contribution in [0.15, 0.2) is 36.9 Å². The monoisotopic (exact) mass is 383 g/mol. The molecular weight excluding hydrogens is 358 g/mol. The molecule has 148 valence electrons. The largest absolute Gasteiger partial charge is 0.493 e. The molecule has 0 saturated carbocycles. The summed E-state index contributed by atoms with van der Waals surface area (Å²) in [7, 11) is 4.88. The highest BCUT2D eigenvalue weighted by Gasteiger charge is 2.18. The van der Waals surface area contributed by atoms with Gasteiger partial charge in [-0.3, -0.25) is 14.0 Å². The summed E-state index contributed by atoms with van der Waals surface area (Å²) in [6.07, 6.45) is 8.55. The van der Waals surface area contributed by atoms with E-state index in [2.05, 4.69) is 15.4 Å². The number of aromatic nitrogens is 4. The molecule has 0 bridgehead atoms. The van der Waals surface area contributed by atoms with Gasteiger partial charge in [0.15, 0.2) is 11.5 Å². The number of carbonyl (C=O) groups is 1. The number of nitrogens with one attached hydrogen (secondary N) is 1. The molecule has 0 aliphatic carbocycles. The van der Waals surface area contributed by atoms with E-state index in [0.717, 1.165) is 29.1 Å². The molecule has 0 aliphatic heterocycles. The molecule has 1 aromatic carbocycles. The van der Waals surface area contributed by atoms with Gasteiger partial charge in [0.2, 0.25) is 5.91 Å². The first-order valence-electron chi connectivity index (χ1n) is 9.07. The Balaban J connectivity index is 1.90. The summed E-state index contributed by atoms with van der Waals surface area (Å²) in [5.74, 6) is 2.07. The summed E-state index contributed by atoms with van der Waals surface area (Å²) in [5, 5.41) is 7.03. The van der Waals surface area contributed by atoms with Crippen LogP contribution in [0.3, 0.4) is 0 Å². The zero-order valence-electron chi connectivity index (χ0n) is 16.6. The molecule has 2 heterocycles. The molecule has 8 heteroatoms. The van der Waals surface area contributed by atoms with Crippen LogP contribution in [0, 0.1) is 6.92 Å². The van der Waals surface area contributed by atoms with Crippen LogP contribution in [0.5, 0.6) is 11.5 Å². The minimum absolute atomic E-state index is 0.0322. The average Bonchev–Trinajstić information content (AvgIpc) is 3.36. The van der Waals surface area contributed by atoms with Crippen molar-refractivity contribution in [1.29, 1.82) is 0 Å².